The van der Waals surface area contributed by atoms with Crippen molar-refractivity contribution in [3.05, 3.63) is 35.9 Å². The molecule has 0 fully saturated rings. The molecule has 0 bridgehead atoms. The zero-order chi connectivity index (χ0) is 12.4. The van der Waals surface area contributed by atoms with Crippen molar-refractivity contribution in [1.82, 2.24) is 0 Å². The van der Waals surface area contributed by atoms with Gasteiger partial charge in [-0.1, -0.05) is 36.9 Å². The molecule has 0 radical (unpaired) electrons. The smallest absolute Gasteiger partial charge is 0.234 e. The van der Waals surface area contributed by atoms with Crippen LogP contribution in [0.3, 0.4) is 0 Å². The SMILES string of the molecule is C[SiH2]C(F)(F)C(F)C(F)(F)c1ccccc1. The number of hydrogen-bond acceptors (Lipinski definition) is 0. The van der Waals surface area contributed by atoms with Crippen LogP contribution in [0.1, 0.15) is 5.56 Å². The van der Waals surface area contributed by atoms with Gasteiger partial charge in [-0.25, -0.2) is 13.2 Å². The molecule has 1 rings (SSSR count). The first-order valence-corrected chi connectivity index (χ1v) is 6.89. The molecule has 1 aromatic carbocycles. The Hall–Kier alpha value is -0.913. The molecule has 0 aliphatic carbocycles. The van der Waals surface area contributed by atoms with Crippen LogP contribution < -0.4 is 0 Å². The van der Waals surface area contributed by atoms with Crippen molar-refractivity contribution in [2.24, 2.45) is 0 Å². The Labute approximate surface area is 92.3 Å². The Bertz CT molecular complexity index is 338. The summed E-state index contributed by atoms with van der Waals surface area (Å²) in [5.74, 6) is -4.15. The molecule has 0 saturated heterocycles. The highest BCUT2D eigenvalue weighted by Gasteiger charge is 2.55. The number of benzene rings is 1. The summed E-state index contributed by atoms with van der Waals surface area (Å²) >= 11 is 0. The Morgan fingerprint density at radius 2 is 1.56 bits per heavy atom. The molecule has 90 valence electrons. The summed E-state index contributed by atoms with van der Waals surface area (Å²) < 4.78 is 65.8. The normalized spacial score (nSPS) is 15.6. The highest BCUT2D eigenvalue weighted by molar-refractivity contribution is 6.37. The van der Waals surface area contributed by atoms with Gasteiger partial charge in [-0.15, -0.1) is 0 Å². The second-order valence-electron chi connectivity index (χ2n) is 3.47. The lowest BCUT2D eigenvalue weighted by molar-refractivity contribution is -0.151. The van der Waals surface area contributed by atoms with Crippen LogP contribution in [0.2, 0.25) is 6.55 Å². The van der Waals surface area contributed by atoms with E-state index in [0.29, 0.717) is 0 Å². The van der Waals surface area contributed by atoms with E-state index in [1.807, 2.05) is 0 Å². The summed E-state index contributed by atoms with van der Waals surface area (Å²) in [4.78, 5) is 0. The van der Waals surface area contributed by atoms with Crippen molar-refractivity contribution >= 4 is 9.52 Å². The van der Waals surface area contributed by atoms with Crippen molar-refractivity contribution < 1.29 is 22.0 Å². The molecule has 0 spiro atoms. The minimum absolute atomic E-state index is 0.718. The van der Waals surface area contributed by atoms with Crippen LogP contribution in [0.4, 0.5) is 22.0 Å². The molecule has 0 saturated carbocycles. The number of alkyl halides is 5. The van der Waals surface area contributed by atoms with Gasteiger partial charge in [0.25, 0.3) is 5.55 Å². The molecule has 6 heteroatoms. The molecule has 0 N–H and O–H groups in total. The first-order chi connectivity index (χ1) is 7.32. The van der Waals surface area contributed by atoms with Crippen molar-refractivity contribution in [1.29, 1.82) is 0 Å². The van der Waals surface area contributed by atoms with E-state index in [9.17, 15) is 22.0 Å². The van der Waals surface area contributed by atoms with Gasteiger partial charge < -0.3 is 0 Å². The zero-order valence-electron chi connectivity index (χ0n) is 8.56. The van der Waals surface area contributed by atoms with E-state index in [4.69, 9.17) is 0 Å². The largest absolute Gasteiger partial charge is 0.309 e. The van der Waals surface area contributed by atoms with Gasteiger partial charge in [0.15, 0.2) is 0 Å². The lowest BCUT2D eigenvalue weighted by Crippen LogP contribution is -2.45. The molecule has 0 aromatic heterocycles. The highest BCUT2D eigenvalue weighted by atomic mass is 28.2. The highest BCUT2D eigenvalue weighted by Crippen LogP contribution is 2.40. The molecule has 16 heavy (non-hydrogen) atoms. The van der Waals surface area contributed by atoms with Gasteiger partial charge in [0, 0.05) is 5.56 Å². The second-order valence-corrected chi connectivity index (χ2v) is 5.12. The summed E-state index contributed by atoms with van der Waals surface area (Å²) in [6, 6.07) is 5.87. The van der Waals surface area contributed by atoms with Crippen molar-refractivity contribution in [2.75, 3.05) is 0 Å². The third kappa shape index (κ3) is 2.42. The van der Waals surface area contributed by atoms with Crippen LogP contribution in [-0.2, 0) is 5.92 Å². The maximum atomic E-state index is 13.4. The summed E-state index contributed by atoms with van der Waals surface area (Å²) in [5.41, 5.74) is -4.61. The molecule has 0 nitrogen and oxygen atoms in total. The second kappa shape index (κ2) is 4.53. The molecular formula is C10H11F5Si. The molecule has 1 atom stereocenters. The summed E-state index contributed by atoms with van der Waals surface area (Å²) in [5, 5.41) is 0. The van der Waals surface area contributed by atoms with Gasteiger partial charge in [-0.2, -0.15) is 8.78 Å². The Morgan fingerprint density at radius 3 is 2.00 bits per heavy atom. The molecule has 1 unspecified atom stereocenters. The Balaban J connectivity index is 3.03. The molecule has 0 aliphatic heterocycles. The summed E-state index contributed by atoms with van der Waals surface area (Å²) in [6.45, 7) is 1.10. The topological polar surface area (TPSA) is 0 Å². The summed E-state index contributed by atoms with van der Waals surface area (Å²) in [6.07, 6.45) is -3.45. The lowest BCUT2D eigenvalue weighted by atomic mass is 10.0. The predicted octanol–water partition coefficient (Wildman–Crippen LogP) is 2.93. The van der Waals surface area contributed by atoms with E-state index in [-0.39, 0.29) is 0 Å². The van der Waals surface area contributed by atoms with Gasteiger partial charge in [-0.05, 0) is 0 Å². The van der Waals surface area contributed by atoms with Crippen LogP contribution in [0.5, 0.6) is 0 Å². The Kier molecular flexibility index (Phi) is 3.72. The van der Waals surface area contributed by atoms with Gasteiger partial charge in [0.1, 0.15) is 9.52 Å². The molecule has 1 aromatic rings. The Morgan fingerprint density at radius 1 is 1.06 bits per heavy atom. The molecule has 0 amide bonds. The standard InChI is InChI=1S/C10H11F5Si/c1-16-10(14,15)8(11)9(12,13)7-5-3-2-4-6-7/h2-6,8H,16H2,1H3. The fourth-order valence-corrected chi connectivity index (χ4v) is 1.87. The predicted molar refractivity (Wildman–Crippen MR) is 54.6 cm³/mol. The average Bonchev–Trinajstić information content (AvgIpc) is 2.29. The van der Waals surface area contributed by atoms with E-state index in [1.165, 1.54) is 18.2 Å². The van der Waals surface area contributed by atoms with Crippen LogP contribution in [-0.4, -0.2) is 21.2 Å². The van der Waals surface area contributed by atoms with E-state index >= 15 is 0 Å². The van der Waals surface area contributed by atoms with E-state index in [0.717, 1.165) is 18.7 Å². The van der Waals surface area contributed by atoms with Crippen molar-refractivity contribution in [3.63, 3.8) is 0 Å². The molecule has 0 aliphatic rings. The van der Waals surface area contributed by atoms with Crippen LogP contribution in [0.25, 0.3) is 0 Å². The molecular weight excluding hydrogens is 243 g/mol. The number of halogens is 5. The van der Waals surface area contributed by atoms with Crippen LogP contribution >= 0.6 is 0 Å². The quantitative estimate of drug-likeness (QED) is 0.572. The minimum Gasteiger partial charge on any atom is -0.234 e. The fourth-order valence-electron chi connectivity index (χ4n) is 1.25. The third-order valence-electron chi connectivity index (χ3n) is 2.32. The maximum Gasteiger partial charge on any atom is 0.309 e. The number of hydrogen-bond donors (Lipinski definition) is 0. The third-order valence-corrected chi connectivity index (χ3v) is 3.62. The minimum atomic E-state index is -4.15. The first-order valence-electron chi connectivity index (χ1n) is 4.77. The maximum absolute atomic E-state index is 13.4. The average molecular weight is 254 g/mol. The van der Waals surface area contributed by atoms with Gasteiger partial charge >= 0.3 is 5.92 Å². The monoisotopic (exact) mass is 254 g/mol. The van der Waals surface area contributed by atoms with Crippen LogP contribution in [0.15, 0.2) is 30.3 Å². The summed E-state index contributed by atoms with van der Waals surface area (Å²) in [7, 11) is -2.18. The van der Waals surface area contributed by atoms with Crippen LogP contribution in [0, 0.1) is 0 Å². The van der Waals surface area contributed by atoms with Crippen molar-refractivity contribution in [3.8, 4) is 0 Å². The van der Waals surface area contributed by atoms with Gasteiger partial charge in [0.2, 0.25) is 6.17 Å². The fraction of sp³-hybridized carbons (Fsp3) is 0.400. The molecule has 0 heterocycles. The van der Waals surface area contributed by atoms with Gasteiger partial charge in [0.05, 0.1) is 0 Å². The lowest BCUT2D eigenvalue weighted by Gasteiger charge is -2.27. The van der Waals surface area contributed by atoms with E-state index in [2.05, 4.69) is 0 Å². The number of rotatable bonds is 4. The van der Waals surface area contributed by atoms with E-state index < -0.39 is 32.7 Å². The first kappa shape index (κ1) is 13.2. The van der Waals surface area contributed by atoms with Crippen molar-refractivity contribution in [2.45, 2.75) is 24.2 Å². The van der Waals surface area contributed by atoms with Gasteiger partial charge in [-0.3, -0.25) is 0 Å². The van der Waals surface area contributed by atoms with E-state index in [1.54, 1.807) is 0 Å². The zero-order valence-corrected chi connectivity index (χ0v) is 9.98.